The first-order valence-corrected chi connectivity index (χ1v) is 11.6. The summed E-state index contributed by atoms with van der Waals surface area (Å²) >= 11 is 1.28. The number of carbonyl (C=O) groups excluding carboxylic acids is 2. The molecule has 1 aromatic heterocycles. The van der Waals surface area contributed by atoms with Gasteiger partial charge in [0, 0.05) is 5.56 Å². The molecule has 33 heavy (non-hydrogen) atoms. The van der Waals surface area contributed by atoms with Gasteiger partial charge in [-0.3, -0.25) is 9.59 Å². The van der Waals surface area contributed by atoms with E-state index in [0.29, 0.717) is 29.7 Å². The van der Waals surface area contributed by atoms with Crippen LogP contribution in [0.3, 0.4) is 0 Å². The number of furan rings is 1. The summed E-state index contributed by atoms with van der Waals surface area (Å²) in [5, 5.41) is 2.95. The van der Waals surface area contributed by atoms with Crippen molar-refractivity contribution < 1.29 is 14.0 Å². The van der Waals surface area contributed by atoms with Gasteiger partial charge in [-0.15, -0.1) is 0 Å². The number of benzene rings is 2. The zero-order chi connectivity index (χ0) is 22.8. The Morgan fingerprint density at radius 1 is 1.12 bits per heavy atom. The monoisotopic (exact) mass is 458 g/mol. The number of aliphatic imine (C=N–C) groups is 2. The molecule has 0 aliphatic carbocycles. The maximum Gasteiger partial charge on any atom is 0.263 e. The van der Waals surface area contributed by atoms with Crippen LogP contribution in [0.2, 0.25) is 0 Å². The van der Waals surface area contributed by atoms with Gasteiger partial charge in [0.2, 0.25) is 5.91 Å². The average Bonchev–Trinajstić information content (AvgIpc) is 3.50. The highest BCUT2D eigenvalue weighted by atomic mass is 32.2. The predicted molar refractivity (Wildman–Crippen MR) is 128 cm³/mol. The van der Waals surface area contributed by atoms with Gasteiger partial charge >= 0.3 is 0 Å². The summed E-state index contributed by atoms with van der Waals surface area (Å²) in [4.78, 5) is 37.5. The Labute approximate surface area is 195 Å². The highest BCUT2D eigenvalue weighted by Gasteiger charge is 2.43. The normalized spacial score (nSPS) is 17.7. The van der Waals surface area contributed by atoms with Gasteiger partial charge in [-0.2, -0.15) is 0 Å². The number of para-hydroxylation sites is 1. The Balaban J connectivity index is 1.43. The van der Waals surface area contributed by atoms with Crippen molar-refractivity contribution in [2.75, 3.05) is 0 Å². The lowest BCUT2D eigenvalue weighted by Crippen LogP contribution is -2.42. The standard InChI is InChI=1S/C25H22N4O3S/c1-2-20(23(30)26-15-17-11-8-14-32-17)33-25-27-19-13-7-6-12-18(19)22-28-21(24(31)29(22)25)16-9-4-3-5-10-16/h3-14,20-21H,2,15H2,1H3,(H,26,30). The predicted octanol–water partition coefficient (Wildman–Crippen LogP) is 4.44. The second kappa shape index (κ2) is 9.07. The fourth-order valence-electron chi connectivity index (χ4n) is 3.83. The first-order chi connectivity index (χ1) is 16.2. The van der Waals surface area contributed by atoms with Gasteiger partial charge in [-0.25, -0.2) is 14.9 Å². The number of amides is 2. The molecule has 0 saturated carbocycles. The van der Waals surface area contributed by atoms with Crippen LogP contribution in [0.15, 0.2) is 87.4 Å². The van der Waals surface area contributed by atoms with Crippen molar-refractivity contribution in [3.05, 3.63) is 89.9 Å². The highest BCUT2D eigenvalue weighted by Crippen LogP contribution is 2.38. The van der Waals surface area contributed by atoms with Crippen LogP contribution in [0.4, 0.5) is 5.69 Å². The zero-order valence-electron chi connectivity index (χ0n) is 18.0. The number of hydrogen-bond acceptors (Lipinski definition) is 6. The van der Waals surface area contributed by atoms with Crippen LogP contribution in [0.25, 0.3) is 0 Å². The smallest absolute Gasteiger partial charge is 0.263 e. The highest BCUT2D eigenvalue weighted by molar-refractivity contribution is 8.15. The molecule has 7 nitrogen and oxygen atoms in total. The van der Waals surface area contributed by atoms with Crippen LogP contribution in [0.5, 0.6) is 0 Å². The molecular weight excluding hydrogens is 436 g/mol. The maximum atomic E-state index is 13.5. The van der Waals surface area contributed by atoms with Gasteiger partial charge in [0.15, 0.2) is 11.2 Å². The minimum Gasteiger partial charge on any atom is -0.467 e. The zero-order valence-corrected chi connectivity index (χ0v) is 18.8. The minimum atomic E-state index is -0.633. The molecule has 5 rings (SSSR count). The van der Waals surface area contributed by atoms with Crippen LogP contribution >= 0.6 is 11.8 Å². The lowest BCUT2D eigenvalue weighted by molar-refractivity contribution is -0.125. The summed E-state index contributed by atoms with van der Waals surface area (Å²) in [6.07, 6.45) is 2.15. The summed E-state index contributed by atoms with van der Waals surface area (Å²) in [6.45, 7) is 2.25. The number of rotatable bonds is 6. The van der Waals surface area contributed by atoms with E-state index in [1.54, 1.807) is 17.2 Å². The van der Waals surface area contributed by atoms with E-state index < -0.39 is 11.3 Å². The second-order valence-electron chi connectivity index (χ2n) is 7.66. The summed E-state index contributed by atoms with van der Waals surface area (Å²) in [5.74, 6) is 0.961. The van der Waals surface area contributed by atoms with E-state index in [4.69, 9.17) is 14.4 Å². The molecule has 1 N–H and O–H groups in total. The van der Waals surface area contributed by atoms with E-state index in [-0.39, 0.29) is 11.8 Å². The van der Waals surface area contributed by atoms with Crippen molar-refractivity contribution in [1.82, 2.24) is 10.2 Å². The lowest BCUT2D eigenvalue weighted by Gasteiger charge is -2.27. The van der Waals surface area contributed by atoms with Crippen molar-refractivity contribution >= 4 is 40.3 Å². The molecule has 2 aliphatic rings. The molecule has 3 aromatic rings. The molecular formula is C25H22N4O3S. The first-order valence-electron chi connectivity index (χ1n) is 10.8. The van der Waals surface area contributed by atoms with Gasteiger partial charge in [0.1, 0.15) is 11.6 Å². The fourth-order valence-corrected chi connectivity index (χ4v) is 4.88. The number of carbonyl (C=O) groups is 2. The largest absolute Gasteiger partial charge is 0.467 e. The third-order valence-electron chi connectivity index (χ3n) is 5.51. The number of nitrogens with one attached hydrogen (secondary N) is 1. The molecule has 0 fully saturated rings. The molecule has 2 atom stereocenters. The Hall–Kier alpha value is -3.65. The van der Waals surface area contributed by atoms with Crippen LogP contribution in [0, 0.1) is 0 Å². The molecule has 3 heterocycles. The number of amidine groups is 2. The van der Waals surface area contributed by atoms with Crippen molar-refractivity contribution in [3.63, 3.8) is 0 Å². The van der Waals surface area contributed by atoms with Crippen LogP contribution in [0.1, 0.15) is 36.3 Å². The fraction of sp³-hybridized carbons (Fsp3) is 0.200. The number of fused-ring (bicyclic) bond motifs is 3. The Morgan fingerprint density at radius 2 is 1.91 bits per heavy atom. The molecule has 2 amide bonds. The molecule has 0 bridgehead atoms. The molecule has 2 aliphatic heterocycles. The van der Waals surface area contributed by atoms with Gasteiger partial charge in [0.25, 0.3) is 5.91 Å². The van der Waals surface area contributed by atoms with E-state index in [1.807, 2.05) is 67.6 Å². The van der Waals surface area contributed by atoms with Gasteiger partial charge in [-0.1, -0.05) is 61.2 Å². The molecule has 0 spiro atoms. The molecule has 2 unspecified atom stereocenters. The summed E-state index contributed by atoms with van der Waals surface area (Å²) in [5.41, 5.74) is 2.38. The van der Waals surface area contributed by atoms with E-state index >= 15 is 0 Å². The quantitative estimate of drug-likeness (QED) is 0.592. The number of thioether (sulfide) groups is 1. The van der Waals surface area contributed by atoms with Crippen LogP contribution in [-0.4, -0.2) is 33.0 Å². The average molecular weight is 459 g/mol. The van der Waals surface area contributed by atoms with Crippen LogP contribution < -0.4 is 5.32 Å². The number of hydrogen-bond donors (Lipinski definition) is 1. The van der Waals surface area contributed by atoms with E-state index in [9.17, 15) is 9.59 Å². The third kappa shape index (κ3) is 4.09. The Morgan fingerprint density at radius 3 is 2.67 bits per heavy atom. The molecule has 8 heteroatoms. The third-order valence-corrected chi connectivity index (χ3v) is 6.83. The van der Waals surface area contributed by atoms with E-state index in [0.717, 1.165) is 16.8 Å². The number of nitrogens with zero attached hydrogens (tertiary/aromatic N) is 3. The van der Waals surface area contributed by atoms with E-state index in [1.165, 1.54) is 11.8 Å². The summed E-state index contributed by atoms with van der Waals surface area (Å²) < 4.78 is 5.30. The molecule has 2 aromatic carbocycles. The molecule has 0 saturated heterocycles. The van der Waals surface area contributed by atoms with Gasteiger partial charge in [0.05, 0.1) is 23.7 Å². The molecule has 0 radical (unpaired) electrons. The van der Waals surface area contributed by atoms with Gasteiger partial charge < -0.3 is 9.73 Å². The Kier molecular flexibility index (Phi) is 5.83. The van der Waals surface area contributed by atoms with Crippen molar-refractivity contribution in [2.24, 2.45) is 9.98 Å². The lowest BCUT2D eigenvalue weighted by atomic mass is 10.1. The van der Waals surface area contributed by atoms with E-state index in [2.05, 4.69) is 5.32 Å². The second-order valence-corrected chi connectivity index (χ2v) is 8.83. The van der Waals surface area contributed by atoms with Crippen LogP contribution in [-0.2, 0) is 16.1 Å². The Bertz CT molecular complexity index is 1240. The van der Waals surface area contributed by atoms with Crippen molar-refractivity contribution in [1.29, 1.82) is 0 Å². The summed E-state index contributed by atoms with van der Waals surface area (Å²) in [7, 11) is 0. The van der Waals surface area contributed by atoms with Gasteiger partial charge in [-0.05, 0) is 36.2 Å². The molecule has 166 valence electrons. The van der Waals surface area contributed by atoms with Crippen molar-refractivity contribution in [2.45, 2.75) is 31.2 Å². The van der Waals surface area contributed by atoms with Crippen molar-refractivity contribution in [3.8, 4) is 0 Å². The minimum absolute atomic E-state index is 0.134. The topological polar surface area (TPSA) is 87.3 Å². The SMILES string of the molecule is CCC(SC1=Nc2ccccc2C2=NC(c3ccccc3)C(=O)N12)C(=O)NCc1ccco1. The first kappa shape index (κ1) is 21.2. The summed E-state index contributed by atoms with van der Waals surface area (Å²) in [6, 6.07) is 20.1. The maximum absolute atomic E-state index is 13.5.